The van der Waals surface area contributed by atoms with E-state index in [1.807, 2.05) is 13.2 Å². The first kappa shape index (κ1) is 18.7. The van der Waals surface area contributed by atoms with E-state index in [0.717, 1.165) is 53.5 Å². The highest BCUT2D eigenvalue weighted by molar-refractivity contribution is 7.13. The molecule has 2 N–H and O–H groups in total. The van der Waals surface area contributed by atoms with E-state index in [0.29, 0.717) is 17.9 Å². The molecule has 2 fully saturated rings. The summed E-state index contributed by atoms with van der Waals surface area (Å²) in [5.41, 5.74) is 2.02. The fourth-order valence-electron chi connectivity index (χ4n) is 4.34. The Labute approximate surface area is 174 Å². The number of aryl methyl sites for hydroxylation is 1. The van der Waals surface area contributed by atoms with Gasteiger partial charge in [-0.25, -0.2) is 0 Å². The van der Waals surface area contributed by atoms with Crippen LogP contribution in [0.25, 0.3) is 10.2 Å². The van der Waals surface area contributed by atoms with E-state index >= 15 is 0 Å². The number of hydrogen-bond donors (Lipinski definition) is 2. The molecule has 0 bridgehead atoms. The van der Waals surface area contributed by atoms with Crippen molar-refractivity contribution in [3.63, 3.8) is 0 Å². The molecule has 1 saturated carbocycles. The summed E-state index contributed by atoms with van der Waals surface area (Å²) >= 11 is 1.47. The smallest absolute Gasteiger partial charge is 0.230 e. The Morgan fingerprint density at radius 1 is 1.10 bits per heavy atom. The zero-order valence-corrected chi connectivity index (χ0v) is 17.5. The summed E-state index contributed by atoms with van der Waals surface area (Å²) < 4.78 is 12.1. The number of nitrogens with zero attached hydrogens (tertiary/aromatic N) is 5. The third-order valence-corrected chi connectivity index (χ3v) is 6.63. The molecular weight excluding hydrogens is 386 g/mol. The molecule has 2 aliphatic rings. The van der Waals surface area contributed by atoms with Crippen LogP contribution in [0.3, 0.4) is 0 Å². The average molecular weight is 414 g/mol. The van der Waals surface area contributed by atoms with Crippen LogP contribution in [0, 0.1) is 0 Å². The molecule has 4 heterocycles. The maximum absolute atomic E-state index is 5.56. The highest BCUT2D eigenvalue weighted by Gasteiger charge is 2.26. The van der Waals surface area contributed by atoms with Crippen LogP contribution in [0.1, 0.15) is 56.6 Å². The summed E-state index contributed by atoms with van der Waals surface area (Å²) in [6, 6.07) is 0.468. The van der Waals surface area contributed by atoms with Gasteiger partial charge in [0.05, 0.1) is 23.0 Å². The van der Waals surface area contributed by atoms with Crippen LogP contribution in [0.4, 0.5) is 17.5 Å². The quantitative estimate of drug-likeness (QED) is 0.648. The van der Waals surface area contributed by atoms with Crippen LogP contribution >= 0.6 is 11.5 Å². The number of anilines is 3. The topological polar surface area (TPSA) is 89.8 Å². The normalized spacial score (nSPS) is 18.9. The summed E-state index contributed by atoms with van der Waals surface area (Å²) in [7, 11) is 1.90. The van der Waals surface area contributed by atoms with Gasteiger partial charge in [0.25, 0.3) is 0 Å². The minimum atomic E-state index is 0.421. The largest absolute Gasteiger partial charge is 0.381 e. The molecule has 0 aromatic carbocycles. The van der Waals surface area contributed by atoms with Gasteiger partial charge in [0.1, 0.15) is 5.82 Å². The molecule has 5 rings (SSSR count). The fourth-order valence-corrected chi connectivity index (χ4v) is 5.19. The molecule has 0 radical (unpaired) electrons. The summed E-state index contributed by atoms with van der Waals surface area (Å²) in [6.45, 7) is 1.60. The standard InChI is InChI=1S/C20H27N7OS/c1-27-12-15(11-21-27)23-20-24-18(22-14-5-3-2-4-6-14)16-17(26-29-19(16)25-20)13-7-9-28-10-8-13/h11-14H,2-10H2,1H3,(H2,22,23,24,25). The Bertz CT molecular complexity index is 973. The van der Waals surface area contributed by atoms with Crippen molar-refractivity contribution in [2.75, 3.05) is 23.8 Å². The molecule has 1 aliphatic carbocycles. The van der Waals surface area contributed by atoms with Gasteiger partial charge in [-0.3, -0.25) is 4.68 Å². The SMILES string of the molecule is Cn1cc(Nc2nc(NC3CCCCC3)c3c(C4CCOCC4)nsc3n2)cn1. The first-order valence-corrected chi connectivity index (χ1v) is 11.3. The van der Waals surface area contributed by atoms with Crippen LogP contribution in [0.5, 0.6) is 0 Å². The summed E-state index contributed by atoms with van der Waals surface area (Å²) in [4.78, 5) is 10.6. The number of aromatic nitrogens is 5. The van der Waals surface area contributed by atoms with Crippen molar-refractivity contribution >= 4 is 39.2 Å². The zero-order valence-electron chi connectivity index (χ0n) is 16.7. The summed E-state index contributed by atoms with van der Waals surface area (Å²) in [6.07, 6.45) is 12.0. The van der Waals surface area contributed by atoms with E-state index in [1.54, 1.807) is 10.9 Å². The Morgan fingerprint density at radius 3 is 2.69 bits per heavy atom. The predicted octanol–water partition coefficient (Wildman–Crippen LogP) is 4.20. The van der Waals surface area contributed by atoms with Crippen LogP contribution in [0.15, 0.2) is 12.4 Å². The zero-order chi connectivity index (χ0) is 19.6. The molecule has 3 aromatic rings. The Hall–Kier alpha value is -2.26. The van der Waals surface area contributed by atoms with Gasteiger partial charge in [-0.05, 0) is 37.2 Å². The first-order chi connectivity index (χ1) is 14.3. The van der Waals surface area contributed by atoms with Crippen LogP contribution in [0.2, 0.25) is 0 Å². The molecule has 8 nitrogen and oxygen atoms in total. The number of ether oxygens (including phenoxy) is 1. The second-order valence-electron chi connectivity index (χ2n) is 8.04. The van der Waals surface area contributed by atoms with Gasteiger partial charge < -0.3 is 15.4 Å². The Morgan fingerprint density at radius 2 is 1.93 bits per heavy atom. The number of nitrogens with one attached hydrogen (secondary N) is 2. The third kappa shape index (κ3) is 4.06. The molecule has 154 valence electrons. The molecule has 0 atom stereocenters. The highest BCUT2D eigenvalue weighted by Crippen LogP contribution is 2.38. The predicted molar refractivity (Wildman–Crippen MR) is 115 cm³/mol. The van der Waals surface area contributed by atoms with Gasteiger partial charge >= 0.3 is 0 Å². The Kier molecular flexibility index (Phi) is 5.32. The van der Waals surface area contributed by atoms with Crippen molar-refractivity contribution in [3.05, 3.63) is 18.1 Å². The molecule has 1 saturated heterocycles. The number of hydrogen-bond acceptors (Lipinski definition) is 8. The van der Waals surface area contributed by atoms with E-state index in [2.05, 4.69) is 15.7 Å². The lowest BCUT2D eigenvalue weighted by atomic mass is 9.94. The summed E-state index contributed by atoms with van der Waals surface area (Å²) in [5.74, 6) is 1.93. The minimum Gasteiger partial charge on any atom is -0.381 e. The summed E-state index contributed by atoms with van der Waals surface area (Å²) in [5, 5.41) is 12.4. The molecule has 0 spiro atoms. The van der Waals surface area contributed by atoms with Gasteiger partial charge in [-0.2, -0.15) is 19.4 Å². The second-order valence-corrected chi connectivity index (χ2v) is 8.79. The number of fused-ring (bicyclic) bond motifs is 1. The van der Waals surface area contributed by atoms with Crippen molar-refractivity contribution in [1.29, 1.82) is 0 Å². The van der Waals surface area contributed by atoms with E-state index in [-0.39, 0.29) is 0 Å². The average Bonchev–Trinajstić information content (AvgIpc) is 3.36. The number of rotatable bonds is 5. The molecule has 29 heavy (non-hydrogen) atoms. The van der Waals surface area contributed by atoms with E-state index in [1.165, 1.54) is 43.6 Å². The lowest BCUT2D eigenvalue weighted by Gasteiger charge is -2.25. The first-order valence-electron chi connectivity index (χ1n) is 10.5. The molecule has 1 aliphatic heterocycles. The molecule has 9 heteroatoms. The van der Waals surface area contributed by atoms with E-state index < -0.39 is 0 Å². The molecule has 0 amide bonds. The van der Waals surface area contributed by atoms with Gasteiger partial charge in [0.15, 0.2) is 4.83 Å². The van der Waals surface area contributed by atoms with Crippen LogP contribution in [-0.2, 0) is 11.8 Å². The van der Waals surface area contributed by atoms with Crippen LogP contribution < -0.4 is 10.6 Å². The van der Waals surface area contributed by atoms with Crippen molar-refractivity contribution in [1.82, 2.24) is 24.1 Å². The third-order valence-electron chi connectivity index (χ3n) is 5.88. The van der Waals surface area contributed by atoms with Gasteiger partial charge in [-0.15, -0.1) is 0 Å². The lowest BCUT2D eigenvalue weighted by Crippen LogP contribution is -2.23. The van der Waals surface area contributed by atoms with E-state index in [9.17, 15) is 0 Å². The van der Waals surface area contributed by atoms with Crippen molar-refractivity contribution < 1.29 is 4.74 Å². The molecule has 3 aromatic heterocycles. The monoisotopic (exact) mass is 413 g/mol. The van der Waals surface area contributed by atoms with Crippen molar-refractivity contribution in [3.8, 4) is 0 Å². The molecule has 0 unspecified atom stereocenters. The fraction of sp³-hybridized carbons (Fsp3) is 0.600. The van der Waals surface area contributed by atoms with Crippen molar-refractivity contribution in [2.45, 2.75) is 56.9 Å². The highest BCUT2D eigenvalue weighted by atomic mass is 32.1. The van der Waals surface area contributed by atoms with Gasteiger partial charge in [0, 0.05) is 38.4 Å². The van der Waals surface area contributed by atoms with E-state index in [4.69, 9.17) is 19.1 Å². The lowest BCUT2D eigenvalue weighted by molar-refractivity contribution is 0.0850. The maximum Gasteiger partial charge on any atom is 0.230 e. The van der Waals surface area contributed by atoms with Gasteiger partial charge in [0.2, 0.25) is 5.95 Å². The van der Waals surface area contributed by atoms with Crippen molar-refractivity contribution in [2.24, 2.45) is 7.05 Å². The Balaban J connectivity index is 1.52. The minimum absolute atomic E-state index is 0.421. The maximum atomic E-state index is 5.56. The van der Waals surface area contributed by atoms with Gasteiger partial charge in [-0.1, -0.05) is 19.3 Å². The molecular formula is C20H27N7OS. The second kappa shape index (κ2) is 8.23. The van der Waals surface area contributed by atoms with Crippen LogP contribution in [-0.4, -0.2) is 43.4 Å².